The highest BCUT2D eigenvalue weighted by molar-refractivity contribution is 5.71. The van der Waals surface area contributed by atoms with Crippen molar-refractivity contribution in [3.8, 4) is 0 Å². The minimum Gasteiger partial charge on any atom is -0.481 e. The van der Waals surface area contributed by atoms with E-state index in [4.69, 9.17) is 5.11 Å². The van der Waals surface area contributed by atoms with Crippen LogP contribution in [0.25, 0.3) is 0 Å². The highest BCUT2D eigenvalue weighted by Gasteiger charge is 2.33. The molecule has 2 N–H and O–H groups in total. The quantitative estimate of drug-likeness (QED) is 0.612. The molecule has 1 rings (SSSR count). The maximum absolute atomic E-state index is 10.4. The van der Waals surface area contributed by atoms with Crippen LogP contribution in [0.2, 0.25) is 0 Å². The van der Waals surface area contributed by atoms with Crippen LogP contribution in [-0.4, -0.2) is 23.7 Å². The number of carboxylic acids is 1. The Morgan fingerprint density at radius 1 is 1.58 bits per heavy atom. The van der Waals surface area contributed by atoms with Crippen LogP contribution in [0.4, 0.5) is 0 Å². The lowest BCUT2D eigenvalue weighted by molar-refractivity contribution is -0.145. The van der Waals surface area contributed by atoms with E-state index in [2.05, 4.69) is 12.2 Å². The van der Waals surface area contributed by atoms with Gasteiger partial charge in [-0.05, 0) is 25.8 Å². The molecule has 3 nitrogen and oxygen atoms in total. The van der Waals surface area contributed by atoms with E-state index in [0.29, 0.717) is 6.04 Å². The topological polar surface area (TPSA) is 49.3 Å². The molecule has 0 heterocycles. The minimum absolute atomic E-state index is 0.0795. The van der Waals surface area contributed by atoms with Gasteiger partial charge in [0.25, 0.3) is 0 Å². The Hall–Kier alpha value is -0.570. The minimum atomic E-state index is -0.636. The molecule has 1 aliphatic carbocycles. The van der Waals surface area contributed by atoms with Gasteiger partial charge in [-0.1, -0.05) is 13.3 Å². The standard InChI is InChI=1S/C9H17NO2/c1-2-3-4-10-8-5-7(6-8)9(11)12/h7-8,10H,2-6H2,1H3,(H,11,12). The second-order valence-corrected chi connectivity index (χ2v) is 3.51. The first-order chi connectivity index (χ1) is 5.74. The fourth-order valence-electron chi connectivity index (χ4n) is 1.47. The first-order valence-corrected chi connectivity index (χ1v) is 4.70. The zero-order valence-electron chi connectivity index (χ0n) is 7.55. The smallest absolute Gasteiger partial charge is 0.306 e. The van der Waals surface area contributed by atoms with Gasteiger partial charge in [0.1, 0.15) is 0 Å². The van der Waals surface area contributed by atoms with Gasteiger partial charge in [0.15, 0.2) is 0 Å². The predicted molar refractivity (Wildman–Crippen MR) is 47.1 cm³/mol. The van der Waals surface area contributed by atoms with Crippen LogP contribution in [-0.2, 0) is 4.79 Å². The van der Waals surface area contributed by atoms with Gasteiger partial charge in [0.05, 0.1) is 5.92 Å². The second kappa shape index (κ2) is 4.45. The highest BCUT2D eigenvalue weighted by Crippen LogP contribution is 2.27. The Morgan fingerprint density at radius 3 is 2.75 bits per heavy atom. The van der Waals surface area contributed by atoms with Crippen molar-refractivity contribution in [3.05, 3.63) is 0 Å². The molecule has 1 aliphatic rings. The molecule has 0 aromatic rings. The zero-order valence-corrected chi connectivity index (χ0v) is 7.55. The van der Waals surface area contributed by atoms with E-state index in [1.54, 1.807) is 0 Å². The second-order valence-electron chi connectivity index (χ2n) is 3.51. The van der Waals surface area contributed by atoms with Gasteiger partial charge in [-0.3, -0.25) is 4.79 Å². The van der Waals surface area contributed by atoms with Crippen molar-refractivity contribution >= 4 is 5.97 Å². The van der Waals surface area contributed by atoms with E-state index in [9.17, 15) is 4.79 Å². The third kappa shape index (κ3) is 2.48. The number of aliphatic carboxylic acids is 1. The lowest BCUT2D eigenvalue weighted by atomic mass is 9.80. The molecule has 0 atom stereocenters. The largest absolute Gasteiger partial charge is 0.481 e. The summed E-state index contributed by atoms with van der Waals surface area (Å²) in [6.07, 6.45) is 4.02. The summed E-state index contributed by atoms with van der Waals surface area (Å²) in [4.78, 5) is 10.4. The molecule has 0 radical (unpaired) electrons. The Labute approximate surface area is 73.2 Å². The predicted octanol–water partition coefficient (Wildman–Crippen LogP) is 1.24. The highest BCUT2D eigenvalue weighted by atomic mass is 16.4. The third-order valence-corrected chi connectivity index (χ3v) is 2.45. The average molecular weight is 171 g/mol. The van der Waals surface area contributed by atoms with Gasteiger partial charge in [-0.2, -0.15) is 0 Å². The molecule has 1 saturated carbocycles. The Balaban J connectivity index is 1.98. The first kappa shape index (κ1) is 9.52. The SMILES string of the molecule is CCCCNC1CC(C(=O)O)C1. The van der Waals surface area contributed by atoms with Gasteiger partial charge in [0.2, 0.25) is 0 Å². The van der Waals surface area contributed by atoms with Crippen LogP contribution in [0.15, 0.2) is 0 Å². The van der Waals surface area contributed by atoms with Crippen molar-refractivity contribution in [1.29, 1.82) is 0 Å². The normalized spacial score (nSPS) is 28.1. The molecule has 0 aliphatic heterocycles. The molecule has 0 aromatic carbocycles. The van der Waals surface area contributed by atoms with Gasteiger partial charge >= 0.3 is 5.97 Å². The molecule has 3 heteroatoms. The van der Waals surface area contributed by atoms with Crippen LogP contribution in [0.5, 0.6) is 0 Å². The fourth-order valence-corrected chi connectivity index (χ4v) is 1.47. The van der Waals surface area contributed by atoms with Gasteiger partial charge in [0, 0.05) is 6.04 Å². The number of hydrogen-bond acceptors (Lipinski definition) is 2. The molecule has 0 spiro atoms. The zero-order chi connectivity index (χ0) is 8.97. The van der Waals surface area contributed by atoms with E-state index in [-0.39, 0.29) is 5.92 Å². The summed E-state index contributed by atoms with van der Waals surface area (Å²) in [6, 6.07) is 0.470. The van der Waals surface area contributed by atoms with E-state index < -0.39 is 5.97 Å². The molecule has 0 saturated heterocycles. The van der Waals surface area contributed by atoms with E-state index in [1.807, 2.05) is 0 Å². The molecule has 0 amide bonds. The maximum Gasteiger partial charge on any atom is 0.306 e. The van der Waals surface area contributed by atoms with Crippen LogP contribution in [0, 0.1) is 5.92 Å². The summed E-state index contributed by atoms with van der Waals surface area (Å²) in [6.45, 7) is 3.19. The lowest BCUT2D eigenvalue weighted by Crippen LogP contribution is -2.44. The number of nitrogens with one attached hydrogen (secondary N) is 1. The van der Waals surface area contributed by atoms with Gasteiger partial charge in [-0.25, -0.2) is 0 Å². The average Bonchev–Trinajstić information content (AvgIpc) is 1.93. The number of carboxylic acid groups (broad SMARTS) is 1. The summed E-state index contributed by atoms with van der Waals surface area (Å²) in [5, 5.41) is 11.9. The molecule has 12 heavy (non-hydrogen) atoms. The molecule has 0 aromatic heterocycles. The van der Waals surface area contributed by atoms with Crippen molar-refractivity contribution in [2.45, 2.75) is 38.6 Å². The summed E-state index contributed by atoms with van der Waals surface area (Å²) in [5.41, 5.74) is 0. The maximum atomic E-state index is 10.4. The van der Waals surface area contributed by atoms with Crippen molar-refractivity contribution < 1.29 is 9.90 Å². The van der Waals surface area contributed by atoms with Crippen molar-refractivity contribution in [2.75, 3.05) is 6.54 Å². The molecule has 0 unspecified atom stereocenters. The van der Waals surface area contributed by atoms with Crippen LogP contribution in [0.1, 0.15) is 32.6 Å². The summed E-state index contributed by atoms with van der Waals surface area (Å²) < 4.78 is 0. The van der Waals surface area contributed by atoms with Gasteiger partial charge < -0.3 is 10.4 Å². The number of unbranched alkanes of at least 4 members (excludes halogenated alkanes) is 1. The molecule has 0 bridgehead atoms. The van der Waals surface area contributed by atoms with E-state index >= 15 is 0 Å². The Morgan fingerprint density at radius 2 is 2.25 bits per heavy atom. The van der Waals surface area contributed by atoms with Crippen molar-refractivity contribution in [1.82, 2.24) is 5.32 Å². The number of carbonyl (C=O) groups is 1. The third-order valence-electron chi connectivity index (χ3n) is 2.45. The van der Waals surface area contributed by atoms with E-state index in [0.717, 1.165) is 19.4 Å². The molecular formula is C9H17NO2. The molecule has 1 fully saturated rings. The summed E-state index contributed by atoms with van der Waals surface area (Å²) >= 11 is 0. The first-order valence-electron chi connectivity index (χ1n) is 4.70. The van der Waals surface area contributed by atoms with Crippen LogP contribution >= 0.6 is 0 Å². The molecule has 70 valence electrons. The number of hydrogen-bond donors (Lipinski definition) is 2. The lowest BCUT2D eigenvalue weighted by Gasteiger charge is -2.33. The van der Waals surface area contributed by atoms with E-state index in [1.165, 1.54) is 12.8 Å². The van der Waals surface area contributed by atoms with Gasteiger partial charge in [-0.15, -0.1) is 0 Å². The van der Waals surface area contributed by atoms with Crippen molar-refractivity contribution in [3.63, 3.8) is 0 Å². The Bertz CT molecular complexity index is 153. The Kier molecular flexibility index (Phi) is 3.53. The molecular weight excluding hydrogens is 154 g/mol. The van der Waals surface area contributed by atoms with Crippen molar-refractivity contribution in [2.24, 2.45) is 5.92 Å². The van der Waals surface area contributed by atoms with Crippen LogP contribution in [0.3, 0.4) is 0 Å². The number of rotatable bonds is 5. The van der Waals surface area contributed by atoms with Crippen LogP contribution < -0.4 is 5.32 Å². The fraction of sp³-hybridized carbons (Fsp3) is 0.889. The summed E-state index contributed by atoms with van der Waals surface area (Å²) in [7, 11) is 0. The summed E-state index contributed by atoms with van der Waals surface area (Å²) in [5.74, 6) is -0.715. The monoisotopic (exact) mass is 171 g/mol.